The van der Waals surface area contributed by atoms with Gasteiger partial charge in [0.25, 0.3) is 0 Å². The van der Waals surface area contributed by atoms with Crippen molar-refractivity contribution in [2.75, 3.05) is 12.8 Å². The summed E-state index contributed by atoms with van der Waals surface area (Å²) in [7, 11) is 1.98. The Balaban J connectivity index is 2.71. The van der Waals surface area contributed by atoms with Crippen LogP contribution in [0.1, 0.15) is 32.0 Å². The fourth-order valence-electron chi connectivity index (χ4n) is 1.41. The summed E-state index contributed by atoms with van der Waals surface area (Å²) in [4.78, 5) is 5.71. The smallest absolute Gasteiger partial charge is 0.0573 e. The molecule has 1 N–H and O–H groups in total. The summed E-state index contributed by atoms with van der Waals surface area (Å²) in [6.45, 7) is 4.32. The Morgan fingerprint density at radius 3 is 2.64 bits per heavy atom. The SMILES string of the molecule is CCSc1ccc(C(CC)NC)nc1. The van der Waals surface area contributed by atoms with Crippen molar-refractivity contribution >= 4 is 11.8 Å². The summed E-state index contributed by atoms with van der Waals surface area (Å²) in [5, 5.41) is 3.25. The standard InChI is InChI=1S/C11H18N2S/c1-4-10(12-3)11-7-6-9(8-13-11)14-5-2/h6-8,10,12H,4-5H2,1-3H3. The summed E-state index contributed by atoms with van der Waals surface area (Å²) in [6.07, 6.45) is 3.03. The lowest BCUT2D eigenvalue weighted by Gasteiger charge is -2.12. The van der Waals surface area contributed by atoms with E-state index < -0.39 is 0 Å². The molecule has 0 aromatic carbocycles. The summed E-state index contributed by atoms with van der Waals surface area (Å²) in [6, 6.07) is 4.65. The summed E-state index contributed by atoms with van der Waals surface area (Å²) < 4.78 is 0. The Morgan fingerprint density at radius 1 is 1.43 bits per heavy atom. The summed E-state index contributed by atoms with van der Waals surface area (Å²) in [5.41, 5.74) is 1.13. The minimum Gasteiger partial charge on any atom is -0.312 e. The molecular formula is C11H18N2S. The number of hydrogen-bond donors (Lipinski definition) is 1. The molecule has 78 valence electrons. The molecule has 0 amide bonds. The molecule has 0 fully saturated rings. The molecule has 1 unspecified atom stereocenters. The van der Waals surface area contributed by atoms with Crippen LogP contribution in [0.3, 0.4) is 0 Å². The number of hydrogen-bond acceptors (Lipinski definition) is 3. The largest absolute Gasteiger partial charge is 0.312 e. The molecule has 1 aromatic rings. The molecule has 0 spiro atoms. The maximum Gasteiger partial charge on any atom is 0.0573 e. The van der Waals surface area contributed by atoms with Gasteiger partial charge >= 0.3 is 0 Å². The Morgan fingerprint density at radius 2 is 2.21 bits per heavy atom. The summed E-state index contributed by atoms with van der Waals surface area (Å²) >= 11 is 1.83. The normalized spacial score (nSPS) is 12.8. The number of aromatic nitrogens is 1. The number of nitrogens with zero attached hydrogens (tertiary/aromatic N) is 1. The minimum absolute atomic E-state index is 0.385. The van der Waals surface area contributed by atoms with E-state index >= 15 is 0 Å². The van der Waals surface area contributed by atoms with Crippen molar-refractivity contribution < 1.29 is 0 Å². The third-order valence-electron chi connectivity index (χ3n) is 2.18. The van der Waals surface area contributed by atoms with Gasteiger partial charge < -0.3 is 5.32 Å². The molecule has 3 heteroatoms. The molecule has 0 aliphatic carbocycles. The van der Waals surface area contributed by atoms with Crippen LogP contribution in [0.5, 0.6) is 0 Å². The molecule has 1 atom stereocenters. The van der Waals surface area contributed by atoms with Crippen molar-refractivity contribution in [1.29, 1.82) is 0 Å². The van der Waals surface area contributed by atoms with Crippen LogP contribution in [0, 0.1) is 0 Å². The predicted molar refractivity (Wildman–Crippen MR) is 62.7 cm³/mol. The van der Waals surface area contributed by atoms with Crippen molar-refractivity contribution in [3.63, 3.8) is 0 Å². The topological polar surface area (TPSA) is 24.9 Å². The lowest BCUT2D eigenvalue weighted by atomic mass is 10.1. The second kappa shape index (κ2) is 6.04. The predicted octanol–water partition coefficient (Wildman–Crippen LogP) is 2.86. The van der Waals surface area contributed by atoms with E-state index in [0.717, 1.165) is 17.9 Å². The van der Waals surface area contributed by atoms with E-state index in [0.29, 0.717) is 6.04 Å². The fraction of sp³-hybridized carbons (Fsp3) is 0.545. The molecule has 0 aliphatic rings. The molecular weight excluding hydrogens is 192 g/mol. The first kappa shape index (κ1) is 11.5. The molecule has 0 aliphatic heterocycles. The van der Waals surface area contributed by atoms with E-state index in [1.54, 1.807) is 0 Å². The monoisotopic (exact) mass is 210 g/mol. The Kier molecular flexibility index (Phi) is 4.98. The zero-order valence-corrected chi connectivity index (χ0v) is 9.90. The first-order valence-electron chi connectivity index (χ1n) is 5.07. The second-order valence-corrected chi connectivity index (χ2v) is 4.44. The van der Waals surface area contributed by atoms with Crippen molar-refractivity contribution in [1.82, 2.24) is 10.3 Å². The first-order chi connectivity index (χ1) is 6.81. The highest BCUT2D eigenvalue weighted by Crippen LogP contribution is 2.19. The lowest BCUT2D eigenvalue weighted by molar-refractivity contribution is 0.561. The Labute approximate surface area is 90.5 Å². The number of nitrogens with one attached hydrogen (secondary N) is 1. The fourth-order valence-corrected chi connectivity index (χ4v) is 2.04. The van der Waals surface area contributed by atoms with Crippen LogP contribution in [0.2, 0.25) is 0 Å². The van der Waals surface area contributed by atoms with Gasteiger partial charge in [-0.05, 0) is 31.4 Å². The zero-order valence-electron chi connectivity index (χ0n) is 9.08. The highest BCUT2D eigenvalue weighted by Gasteiger charge is 2.06. The summed E-state index contributed by atoms with van der Waals surface area (Å²) in [5.74, 6) is 1.10. The van der Waals surface area contributed by atoms with Crippen molar-refractivity contribution in [2.24, 2.45) is 0 Å². The van der Waals surface area contributed by atoms with Gasteiger partial charge in [0.15, 0.2) is 0 Å². The number of thioether (sulfide) groups is 1. The van der Waals surface area contributed by atoms with Crippen molar-refractivity contribution in [2.45, 2.75) is 31.2 Å². The molecule has 0 radical (unpaired) electrons. The third-order valence-corrected chi connectivity index (χ3v) is 3.05. The van der Waals surface area contributed by atoms with E-state index in [1.807, 2.05) is 25.0 Å². The highest BCUT2D eigenvalue weighted by molar-refractivity contribution is 7.99. The third kappa shape index (κ3) is 3.00. The second-order valence-electron chi connectivity index (χ2n) is 3.10. The number of pyridine rings is 1. The first-order valence-corrected chi connectivity index (χ1v) is 6.06. The quantitative estimate of drug-likeness (QED) is 0.756. The maximum absolute atomic E-state index is 4.46. The van der Waals surface area contributed by atoms with Crippen LogP contribution in [-0.2, 0) is 0 Å². The van der Waals surface area contributed by atoms with Crippen LogP contribution < -0.4 is 5.32 Å². The Bertz CT molecular complexity index is 254. The van der Waals surface area contributed by atoms with Crippen molar-refractivity contribution in [3.8, 4) is 0 Å². The molecule has 2 nitrogen and oxygen atoms in total. The van der Waals surface area contributed by atoms with Crippen LogP contribution in [0.4, 0.5) is 0 Å². The van der Waals surface area contributed by atoms with Gasteiger partial charge in [-0.15, -0.1) is 11.8 Å². The van der Waals surface area contributed by atoms with E-state index in [9.17, 15) is 0 Å². The average molecular weight is 210 g/mol. The average Bonchev–Trinajstić information content (AvgIpc) is 2.23. The van der Waals surface area contributed by atoms with Crippen LogP contribution in [0.15, 0.2) is 23.2 Å². The lowest BCUT2D eigenvalue weighted by Crippen LogP contribution is -2.16. The molecule has 1 rings (SSSR count). The van der Waals surface area contributed by atoms with Gasteiger partial charge in [-0.2, -0.15) is 0 Å². The molecule has 1 aromatic heterocycles. The van der Waals surface area contributed by atoms with Gasteiger partial charge in [0.05, 0.1) is 5.69 Å². The number of rotatable bonds is 5. The van der Waals surface area contributed by atoms with Gasteiger partial charge in [-0.25, -0.2) is 0 Å². The minimum atomic E-state index is 0.385. The van der Waals surface area contributed by atoms with Gasteiger partial charge in [0.1, 0.15) is 0 Å². The van der Waals surface area contributed by atoms with E-state index in [4.69, 9.17) is 0 Å². The zero-order chi connectivity index (χ0) is 10.4. The molecule has 14 heavy (non-hydrogen) atoms. The highest BCUT2D eigenvalue weighted by atomic mass is 32.2. The Hall–Kier alpha value is -0.540. The van der Waals surface area contributed by atoms with Gasteiger partial charge in [-0.1, -0.05) is 13.8 Å². The van der Waals surface area contributed by atoms with E-state index in [2.05, 4.69) is 36.3 Å². The van der Waals surface area contributed by atoms with Gasteiger partial charge in [0, 0.05) is 17.1 Å². The van der Waals surface area contributed by atoms with E-state index in [-0.39, 0.29) is 0 Å². The molecule has 0 saturated carbocycles. The maximum atomic E-state index is 4.46. The van der Waals surface area contributed by atoms with Gasteiger partial charge in [0.2, 0.25) is 0 Å². The molecule has 0 saturated heterocycles. The molecule has 0 bridgehead atoms. The molecule has 1 heterocycles. The van der Waals surface area contributed by atoms with Crippen LogP contribution in [0.25, 0.3) is 0 Å². The van der Waals surface area contributed by atoms with Crippen LogP contribution >= 0.6 is 11.8 Å². The van der Waals surface area contributed by atoms with Crippen molar-refractivity contribution in [3.05, 3.63) is 24.0 Å². The van der Waals surface area contributed by atoms with Crippen LogP contribution in [-0.4, -0.2) is 17.8 Å². The van der Waals surface area contributed by atoms with E-state index in [1.165, 1.54) is 4.90 Å². The van der Waals surface area contributed by atoms with Gasteiger partial charge in [-0.3, -0.25) is 4.98 Å².